The second-order valence-corrected chi connectivity index (χ2v) is 5.79. The van der Waals surface area contributed by atoms with E-state index in [9.17, 15) is 24.3 Å². The van der Waals surface area contributed by atoms with Crippen LogP contribution in [0.2, 0.25) is 0 Å². The topological polar surface area (TPSA) is 144 Å². The summed E-state index contributed by atoms with van der Waals surface area (Å²) in [5.41, 5.74) is 0. The van der Waals surface area contributed by atoms with Crippen molar-refractivity contribution in [2.45, 2.75) is 64.5 Å². The number of aliphatic hydroxyl groups excluding tert-OH is 1. The monoisotopic (exact) mass is 392 g/mol. The van der Waals surface area contributed by atoms with Gasteiger partial charge in [0.15, 0.2) is 24.6 Å². The number of carbonyl (C=O) groups is 4. The van der Waals surface area contributed by atoms with Gasteiger partial charge < -0.3 is 33.5 Å². The Labute approximate surface area is 155 Å². The Morgan fingerprint density at radius 1 is 0.889 bits per heavy atom. The van der Waals surface area contributed by atoms with Crippen molar-refractivity contribution in [3.8, 4) is 0 Å². The van der Waals surface area contributed by atoms with E-state index in [-0.39, 0.29) is 0 Å². The Kier molecular flexibility index (Phi) is 8.60. The first-order chi connectivity index (χ1) is 12.6. The molecule has 154 valence electrons. The van der Waals surface area contributed by atoms with Gasteiger partial charge >= 0.3 is 23.9 Å². The van der Waals surface area contributed by atoms with Crippen molar-refractivity contribution in [3.05, 3.63) is 0 Å². The van der Waals surface area contributed by atoms with Crippen LogP contribution in [0, 0.1) is 0 Å². The molecule has 0 aromatic heterocycles. The molecular weight excluding hydrogens is 368 g/mol. The molecule has 0 saturated carbocycles. The molecule has 1 fully saturated rings. The normalized spacial score (nSPS) is 28.6. The number of ether oxygens (including phenoxy) is 6. The van der Waals surface area contributed by atoms with Gasteiger partial charge in [0.05, 0.1) is 0 Å². The van der Waals surface area contributed by atoms with E-state index in [0.717, 1.165) is 27.7 Å². The summed E-state index contributed by atoms with van der Waals surface area (Å²) in [6.45, 7) is 4.06. The zero-order chi connectivity index (χ0) is 20.7. The van der Waals surface area contributed by atoms with E-state index in [4.69, 9.17) is 28.4 Å². The Bertz CT molecular complexity index is 561. The van der Waals surface area contributed by atoms with E-state index in [0.29, 0.717) is 0 Å². The maximum absolute atomic E-state index is 11.6. The second-order valence-electron chi connectivity index (χ2n) is 5.79. The lowest BCUT2D eigenvalue weighted by Gasteiger charge is -2.44. The van der Waals surface area contributed by atoms with Gasteiger partial charge in [-0.15, -0.1) is 0 Å². The molecule has 1 aliphatic rings. The molecule has 0 aliphatic carbocycles. The first-order valence-corrected chi connectivity index (χ1v) is 8.08. The molecule has 1 heterocycles. The third kappa shape index (κ3) is 6.77. The standard InChI is InChI=1S/C16H24O11/c1-7(17)23-6-11(24-8(2)18)12-13(25-9(3)19)14(26-10(4)20)15(22-5)16(21)27-12/h11-16,21H,6H2,1-5H3/t11-,12-,13-,14+,15-,16?/m1/s1. The van der Waals surface area contributed by atoms with Crippen LogP contribution < -0.4 is 0 Å². The Morgan fingerprint density at radius 2 is 1.44 bits per heavy atom. The highest BCUT2D eigenvalue weighted by atomic mass is 16.7. The number of methoxy groups -OCH3 is 1. The van der Waals surface area contributed by atoms with E-state index in [1.165, 1.54) is 7.11 Å². The summed E-state index contributed by atoms with van der Waals surface area (Å²) in [5.74, 6) is -2.86. The summed E-state index contributed by atoms with van der Waals surface area (Å²) < 4.78 is 30.8. The summed E-state index contributed by atoms with van der Waals surface area (Å²) in [6.07, 6.45) is -7.91. The lowest BCUT2D eigenvalue weighted by Crippen LogP contribution is -2.64. The van der Waals surface area contributed by atoms with Crippen LogP contribution in [0.1, 0.15) is 27.7 Å². The second kappa shape index (κ2) is 10.2. The largest absolute Gasteiger partial charge is 0.462 e. The molecule has 11 nitrogen and oxygen atoms in total. The average molecular weight is 392 g/mol. The summed E-state index contributed by atoms with van der Waals surface area (Å²) in [5, 5.41) is 10.2. The number of hydrogen-bond donors (Lipinski definition) is 1. The summed E-state index contributed by atoms with van der Waals surface area (Å²) in [4.78, 5) is 45.6. The number of rotatable bonds is 7. The lowest BCUT2D eigenvalue weighted by atomic mass is 9.94. The van der Waals surface area contributed by atoms with Gasteiger partial charge in [-0.25, -0.2) is 0 Å². The van der Waals surface area contributed by atoms with Crippen molar-refractivity contribution in [1.29, 1.82) is 0 Å². The van der Waals surface area contributed by atoms with E-state index >= 15 is 0 Å². The van der Waals surface area contributed by atoms with Crippen LogP contribution in [0.15, 0.2) is 0 Å². The first kappa shape index (κ1) is 22.8. The number of esters is 4. The highest BCUT2D eigenvalue weighted by Gasteiger charge is 2.53. The Morgan fingerprint density at radius 3 is 1.89 bits per heavy atom. The van der Waals surface area contributed by atoms with E-state index in [2.05, 4.69) is 0 Å². The maximum atomic E-state index is 11.6. The molecule has 1 N–H and O–H groups in total. The van der Waals surface area contributed by atoms with Crippen LogP contribution >= 0.6 is 0 Å². The molecule has 6 atom stereocenters. The van der Waals surface area contributed by atoms with Crippen LogP contribution in [-0.4, -0.2) is 79.5 Å². The summed E-state index contributed by atoms with van der Waals surface area (Å²) in [7, 11) is 1.24. The molecule has 0 aromatic carbocycles. The molecule has 0 aromatic rings. The fourth-order valence-corrected chi connectivity index (χ4v) is 2.66. The maximum Gasteiger partial charge on any atom is 0.303 e. The van der Waals surface area contributed by atoms with Gasteiger partial charge in [0, 0.05) is 34.8 Å². The van der Waals surface area contributed by atoms with E-state index in [1.807, 2.05) is 0 Å². The summed E-state index contributed by atoms with van der Waals surface area (Å²) in [6, 6.07) is 0. The molecule has 1 rings (SSSR count). The molecule has 27 heavy (non-hydrogen) atoms. The van der Waals surface area contributed by atoms with Crippen molar-refractivity contribution < 1.29 is 52.7 Å². The van der Waals surface area contributed by atoms with Crippen molar-refractivity contribution in [2.24, 2.45) is 0 Å². The third-order valence-corrected chi connectivity index (χ3v) is 3.56. The number of hydrogen-bond acceptors (Lipinski definition) is 11. The number of carbonyl (C=O) groups excluding carboxylic acids is 4. The minimum Gasteiger partial charge on any atom is -0.462 e. The van der Waals surface area contributed by atoms with Gasteiger partial charge in [-0.1, -0.05) is 0 Å². The fourth-order valence-electron chi connectivity index (χ4n) is 2.66. The molecule has 1 unspecified atom stereocenters. The molecule has 0 bridgehead atoms. The minimum atomic E-state index is -1.61. The predicted molar refractivity (Wildman–Crippen MR) is 85.0 cm³/mol. The average Bonchev–Trinajstić information content (AvgIpc) is 2.52. The van der Waals surface area contributed by atoms with Crippen molar-refractivity contribution in [3.63, 3.8) is 0 Å². The Balaban J connectivity index is 3.26. The van der Waals surface area contributed by atoms with Crippen molar-refractivity contribution in [1.82, 2.24) is 0 Å². The highest BCUT2D eigenvalue weighted by molar-refractivity contribution is 5.68. The molecule has 1 aliphatic heterocycles. The molecule has 1 saturated heterocycles. The van der Waals surface area contributed by atoms with Crippen LogP contribution in [0.3, 0.4) is 0 Å². The van der Waals surface area contributed by atoms with Crippen LogP contribution in [0.4, 0.5) is 0 Å². The van der Waals surface area contributed by atoms with Crippen LogP contribution in [0.5, 0.6) is 0 Å². The fraction of sp³-hybridized carbons (Fsp3) is 0.750. The molecular formula is C16H24O11. The predicted octanol–water partition coefficient (Wildman–Crippen LogP) is -0.923. The number of aliphatic hydroxyl groups is 1. The minimum absolute atomic E-state index is 0.436. The van der Waals surface area contributed by atoms with E-state index in [1.54, 1.807) is 0 Å². The molecule has 0 amide bonds. The van der Waals surface area contributed by atoms with Crippen molar-refractivity contribution in [2.75, 3.05) is 13.7 Å². The third-order valence-electron chi connectivity index (χ3n) is 3.56. The Hall–Kier alpha value is -2.24. The van der Waals surface area contributed by atoms with Gasteiger partial charge in [0.25, 0.3) is 0 Å². The van der Waals surface area contributed by atoms with Crippen LogP contribution in [-0.2, 0) is 47.6 Å². The summed E-state index contributed by atoms with van der Waals surface area (Å²) >= 11 is 0. The zero-order valence-corrected chi connectivity index (χ0v) is 15.7. The lowest BCUT2D eigenvalue weighted by molar-refractivity contribution is -0.308. The van der Waals surface area contributed by atoms with Gasteiger partial charge in [0.1, 0.15) is 18.8 Å². The van der Waals surface area contributed by atoms with Gasteiger partial charge in [0.2, 0.25) is 0 Å². The molecule has 0 radical (unpaired) electrons. The van der Waals surface area contributed by atoms with Gasteiger partial charge in [-0.2, -0.15) is 0 Å². The molecule has 0 spiro atoms. The SMILES string of the molecule is CO[C@H]1C(O)O[C@H]([C@@H](COC(C)=O)OC(C)=O)[C@@H](OC(C)=O)[C@@H]1OC(C)=O. The van der Waals surface area contributed by atoms with E-state index < -0.39 is 67.3 Å². The first-order valence-electron chi connectivity index (χ1n) is 8.08. The van der Waals surface area contributed by atoms with Crippen LogP contribution in [0.25, 0.3) is 0 Å². The zero-order valence-electron chi connectivity index (χ0n) is 15.7. The smallest absolute Gasteiger partial charge is 0.303 e. The highest BCUT2D eigenvalue weighted by Crippen LogP contribution is 2.30. The van der Waals surface area contributed by atoms with Gasteiger partial charge in [-0.3, -0.25) is 19.2 Å². The van der Waals surface area contributed by atoms with Crippen molar-refractivity contribution >= 4 is 23.9 Å². The molecule has 11 heteroatoms. The van der Waals surface area contributed by atoms with Gasteiger partial charge in [-0.05, 0) is 0 Å². The quantitative estimate of drug-likeness (QED) is 0.424.